The van der Waals surface area contributed by atoms with Gasteiger partial charge in [0.15, 0.2) is 0 Å². The quantitative estimate of drug-likeness (QED) is 0.483. The molecule has 0 saturated carbocycles. The molecule has 0 spiro atoms. The van der Waals surface area contributed by atoms with E-state index in [9.17, 15) is 14.4 Å². The summed E-state index contributed by atoms with van der Waals surface area (Å²) in [4.78, 5) is 36.3. The van der Waals surface area contributed by atoms with Gasteiger partial charge in [0.1, 0.15) is 0 Å². The van der Waals surface area contributed by atoms with Crippen LogP contribution in [0.25, 0.3) is 0 Å². The van der Waals surface area contributed by atoms with Crippen molar-refractivity contribution in [2.24, 2.45) is 0 Å². The second-order valence-electron chi connectivity index (χ2n) is 6.57. The maximum atomic E-state index is 12.4. The van der Waals surface area contributed by atoms with E-state index < -0.39 is 5.97 Å². The van der Waals surface area contributed by atoms with Crippen LogP contribution in [-0.2, 0) is 4.79 Å². The molecule has 3 N–H and O–H groups in total. The number of carboxylic acid groups (broad SMARTS) is 1. The lowest BCUT2D eigenvalue weighted by Crippen LogP contribution is -2.14. The molecule has 152 valence electrons. The van der Waals surface area contributed by atoms with Crippen molar-refractivity contribution in [1.29, 1.82) is 0 Å². The zero-order valence-electron chi connectivity index (χ0n) is 16.2. The topological polar surface area (TPSA) is 95.5 Å². The van der Waals surface area contributed by atoms with Gasteiger partial charge in [0.05, 0.1) is 11.3 Å². The summed E-state index contributed by atoms with van der Waals surface area (Å²) in [5, 5.41) is 14.5. The third-order valence-corrected chi connectivity index (χ3v) is 5.15. The molecule has 7 heteroatoms. The van der Waals surface area contributed by atoms with Crippen LogP contribution in [0.1, 0.15) is 26.3 Å². The van der Waals surface area contributed by atoms with E-state index in [4.69, 9.17) is 5.11 Å². The molecule has 0 aliphatic carbocycles. The summed E-state index contributed by atoms with van der Waals surface area (Å²) < 4.78 is 0. The Labute approximate surface area is 178 Å². The zero-order chi connectivity index (χ0) is 21.5. The third kappa shape index (κ3) is 5.96. The number of thioether (sulfide) groups is 1. The molecule has 0 bridgehead atoms. The number of aryl methyl sites for hydroxylation is 1. The molecule has 2 amide bonds. The van der Waals surface area contributed by atoms with Gasteiger partial charge in [-0.1, -0.05) is 23.8 Å². The SMILES string of the molecule is Cc1cccc(C(=O)Nc2cccc(SCC(=O)Nc3ccc(C(=O)O)cc3)c2)c1. The van der Waals surface area contributed by atoms with E-state index in [2.05, 4.69) is 10.6 Å². The molecular formula is C23H20N2O4S. The standard InChI is InChI=1S/C23H20N2O4S/c1-15-4-2-5-17(12-15)22(27)25-19-6-3-7-20(13-19)30-14-21(26)24-18-10-8-16(9-11-18)23(28)29/h2-13H,14H2,1H3,(H,24,26)(H,25,27)(H,28,29). The van der Waals surface area contributed by atoms with Crippen LogP contribution < -0.4 is 10.6 Å². The highest BCUT2D eigenvalue weighted by molar-refractivity contribution is 8.00. The molecule has 3 aromatic carbocycles. The number of aromatic carboxylic acids is 1. The molecule has 3 aromatic rings. The number of benzene rings is 3. The van der Waals surface area contributed by atoms with Gasteiger partial charge in [-0.3, -0.25) is 9.59 Å². The van der Waals surface area contributed by atoms with Gasteiger partial charge in [0.25, 0.3) is 5.91 Å². The number of carboxylic acids is 1. The van der Waals surface area contributed by atoms with Crippen LogP contribution in [0.4, 0.5) is 11.4 Å². The largest absolute Gasteiger partial charge is 0.478 e. The second kappa shape index (κ2) is 9.76. The molecule has 0 saturated heterocycles. The number of rotatable bonds is 7. The van der Waals surface area contributed by atoms with Gasteiger partial charge in [-0.05, 0) is 61.5 Å². The van der Waals surface area contributed by atoms with Crippen molar-refractivity contribution in [1.82, 2.24) is 0 Å². The zero-order valence-corrected chi connectivity index (χ0v) is 17.0. The van der Waals surface area contributed by atoms with Crippen LogP contribution in [-0.4, -0.2) is 28.6 Å². The molecule has 6 nitrogen and oxygen atoms in total. The summed E-state index contributed by atoms with van der Waals surface area (Å²) in [5.74, 6) is -1.24. The number of carbonyl (C=O) groups is 3. The first-order chi connectivity index (χ1) is 14.4. The molecule has 0 radical (unpaired) electrons. The summed E-state index contributed by atoms with van der Waals surface area (Å²) in [6.07, 6.45) is 0. The minimum absolute atomic E-state index is 0.159. The van der Waals surface area contributed by atoms with Crippen molar-refractivity contribution >= 4 is 40.9 Å². The molecule has 0 aromatic heterocycles. The summed E-state index contributed by atoms with van der Waals surface area (Å²) >= 11 is 1.34. The molecule has 0 aliphatic rings. The Balaban J connectivity index is 1.55. The van der Waals surface area contributed by atoms with Gasteiger partial charge >= 0.3 is 5.97 Å². The van der Waals surface area contributed by atoms with E-state index >= 15 is 0 Å². The lowest BCUT2D eigenvalue weighted by molar-refractivity contribution is -0.113. The van der Waals surface area contributed by atoms with Crippen LogP contribution in [0.15, 0.2) is 77.7 Å². The van der Waals surface area contributed by atoms with Gasteiger partial charge in [0.2, 0.25) is 5.91 Å². The van der Waals surface area contributed by atoms with Crippen LogP contribution in [0, 0.1) is 6.92 Å². The van der Waals surface area contributed by atoms with Gasteiger partial charge in [-0.2, -0.15) is 0 Å². The molecule has 0 aliphatic heterocycles. The Hall–Kier alpha value is -3.58. The predicted molar refractivity (Wildman–Crippen MR) is 118 cm³/mol. The molecular weight excluding hydrogens is 400 g/mol. The molecule has 0 fully saturated rings. The molecule has 0 heterocycles. The first-order valence-electron chi connectivity index (χ1n) is 9.15. The van der Waals surface area contributed by atoms with Gasteiger partial charge < -0.3 is 15.7 Å². The number of amides is 2. The van der Waals surface area contributed by atoms with Crippen LogP contribution in [0.5, 0.6) is 0 Å². The second-order valence-corrected chi connectivity index (χ2v) is 7.62. The maximum Gasteiger partial charge on any atom is 0.335 e. The highest BCUT2D eigenvalue weighted by Crippen LogP contribution is 2.22. The lowest BCUT2D eigenvalue weighted by Gasteiger charge is -2.09. The van der Waals surface area contributed by atoms with E-state index in [0.717, 1.165) is 10.5 Å². The Bertz CT molecular complexity index is 1080. The highest BCUT2D eigenvalue weighted by atomic mass is 32.2. The number of anilines is 2. The minimum Gasteiger partial charge on any atom is -0.478 e. The van der Waals surface area contributed by atoms with Crippen LogP contribution in [0.3, 0.4) is 0 Å². The monoisotopic (exact) mass is 420 g/mol. The Morgan fingerprint density at radius 3 is 2.27 bits per heavy atom. The first kappa shape index (κ1) is 21.1. The Morgan fingerprint density at radius 1 is 0.833 bits per heavy atom. The van der Waals surface area contributed by atoms with Crippen molar-refractivity contribution in [2.45, 2.75) is 11.8 Å². The maximum absolute atomic E-state index is 12.4. The van der Waals surface area contributed by atoms with Crippen molar-refractivity contribution in [3.63, 3.8) is 0 Å². The van der Waals surface area contributed by atoms with E-state index in [1.807, 2.05) is 43.3 Å². The van der Waals surface area contributed by atoms with Gasteiger partial charge in [0, 0.05) is 21.8 Å². The smallest absolute Gasteiger partial charge is 0.335 e. The van der Waals surface area contributed by atoms with E-state index in [0.29, 0.717) is 16.9 Å². The Kier molecular flexibility index (Phi) is 6.87. The lowest BCUT2D eigenvalue weighted by atomic mass is 10.1. The van der Waals surface area contributed by atoms with E-state index in [-0.39, 0.29) is 23.1 Å². The Morgan fingerprint density at radius 2 is 1.57 bits per heavy atom. The summed E-state index contributed by atoms with van der Waals surface area (Å²) in [6.45, 7) is 1.93. The molecule has 30 heavy (non-hydrogen) atoms. The summed E-state index contributed by atoms with van der Waals surface area (Å²) in [7, 11) is 0. The van der Waals surface area contributed by atoms with Crippen molar-refractivity contribution < 1.29 is 19.5 Å². The number of carbonyl (C=O) groups excluding carboxylic acids is 2. The molecule has 0 atom stereocenters. The molecule has 3 rings (SSSR count). The fourth-order valence-electron chi connectivity index (χ4n) is 2.70. The fourth-order valence-corrected chi connectivity index (χ4v) is 3.45. The summed E-state index contributed by atoms with van der Waals surface area (Å²) in [6, 6.07) is 20.6. The van der Waals surface area contributed by atoms with Crippen molar-refractivity contribution in [3.05, 3.63) is 89.5 Å². The van der Waals surface area contributed by atoms with E-state index in [1.54, 1.807) is 24.3 Å². The molecule has 0 unspecified atom stereocenters. The number of nitrogens with one attached hydrogen (secondary N) is 2. The number of hydrogen-bond acceptors (Lipinski definition) is 4. The first-order valence-corrected chi connectivity index (χ1v) is 10.1. The highest BCUT2D eigenvalue weighted by Gasteiger charge is 2.09. The number of hydrogen-bond donors (Lipinski definition) is 3. The summed E-state index contributed by atoms with van der Waals surface area (Å²) in [5.41, 5.74) is 2.93. The minimum atomic E-state index is -1.02. The van der Waals surface area contributed by atoms with Crippen LogP contribution in [0.2, 0.25) is 0 Å². The third-order valence-electron chi connectivity index (χ3n) is 4.16. The average Bonchev–Trinajstić information content (AvgIpc) is 2.73. The predicted octanol–water partition coefficient (Wildman–Crippen LogP) is 4.68. The van der Waals surface area contributed by atoms with Gasteiger partial charge in [-0.25, -0.2) is 4.79 Å². The fraction of sp³-hybridized carbons (Fsp3) is 0.0870. The van der Waals surface area contributed by atoms with Crippen molar-refractivity contribution in [2.75, 3.05) is 16.4 Å². The van der Waals surface area contributed by atoms with E-state index in [1.165, 1.54) is 23.9 Å². The van der Waals surface area contributed by atoms with Gasteiger partial charge in [-0.15, -0.1) is 11.8 Å². The van der Waals surface area contributed by atoms with Crippen molar-refractivity contribution in [3.8, 4) is 0 Å². The average molecular weight is 420 g/mol. The van der Waals surface area contributed by atoms with Crippen LogP contribution >= 0.6 is 11.8 Å². The normalized spacial score (nSPS) is 10.3.